The van der Waals surface area contributed by atoms with Gasteiger partial charge in [0.2, 0.25) is 19.1 Å². The van der Waals surface area contributed by atoms with E-state index in [0.29, 0.717) is 17.1 Å². The number of aromatic nitrogens is 1. The Balaban J connectivity index is 1.78. The summed E-state index contributed by atoms with van der Waals surface area (Å²) in [5, 5.41) is 10.5. The maximum absolute atomic E-state index is 13.5. The minimum Gasteiger partial charge on any atom is -0.507 e. The zero-order valence-electron chi connectivity index (χ0n) is 18.9. The van der Waals surface area contributed by atoms with Crippen molar-refractivity contribution in [2.75, 3.05) is 13.4 Å². The van der Waals surface area contributed by atoms with Crippen molar-refractivity contribution in [1.82, 2.24) is 4.57 Å². The zero-order chi connectivity index (χ0) is 25.3. The lowest BCUT2D eigenvalue weighted by Crippen LogP contribution is -2.35. The second kappa shape index (κ2) is 9.41. The Hall–Kier alpha value is -4.48. The van der Waals surface area contributed by atoms with E-state index in [1.54, 1.807) is 12.1 Å². The highest BCUT2D eigenvalue weighted by Crippen LogP contribution is 2.39. The van der Waals surface area contributed by atoms with E-state index in [9.17, 15) is 24.3 Å². The van der Waals surface area contributed by atoms with Crippen LogP contribution >= 0.6 is 0 Å². The maximum Gasteiger partial charge on any atom is 0.307 e. The molecule has 1 aromatic heterocycles. The molecule has 0 amide bonds. The molecule has 2 aromatic rings. The summed E-state index contributed by atoms with van der Waals surface area (Å²) in [5.74, 6) is -1.90. The average molecular weight is 487 g/mol. The molecule has 0 aliphatic carbocycles. The van der Waals surface area contributed by atoms with Crippen molar-refractivity contribution in [3.05, 3.63) is 52.3 Å². The molecule has 0 bridgehead atoms. The van der Waals surface area contributed by atoms with Crippen LogP contribution in [0.1, 0.15) is 27.0 Å². The SMILES string of the molecule is CC(=O)OCC1=C(OC(C)=O)C(OC(C)=O)[C@H](n2ccc(O)c(-c3ccc4c(c3)OCO4)c2=O)O1. The molecular weight excluding hydrogens is 466 g/mol. The van der Waals surface area contributed by atoms with Crippen molar-refractivity contribution in [3.63, 3.8) is 0 Å². The van der Waals surface area contributed by atoms with Gasteiger partial charge in [-0.25, -0.2) is 0 Å². The van der Waals surface area contributed by atoms with Crippen molar-refractivity contribution in [2.24, 2.45) is 0 Å². The molecule has 1 unspecified atom stereocenters. The number of fused-ring (bicyclic) bond motifs is 1. The first-order chi connectivity index (χ1) is 16.7. The van der Waals surface area contributed by atoms with Crippen molar-refractivity contribution in [3.8, 4) is 28.4 Å². The summed E-state index contributed by atoms with van der Waals surface area (Å²) < 4.78 is 33.0. The van der Waals surface area contributed by atoms with E-state index in [0.717, 1.165) is 18.4 Å². The number of carbonyl (C=O) groups excluding carboxylic acids is 3. The summed E-state index contributed by atoms with van der Waals surface area (Å²) in [6.45, 7) is 3.01. The third kappa shape index (κ3) is 4.76. The number of ether oxygens (including phenoxy) is 6. The highest BCUT2D eigenvalue weighted by atomic mass is 16.7. The molecule has 2 atom stereocenters. The van der Waals surface area contributed by atoms with Gasteiger partial charge in [0, 0.05) is 27.0 Å². The van der Waals surface area contributed by atoms with Gasteiger partial charge in [0.25, 0.3) is 5.56 Å². The second-order valence-electron chi connectivity index (χ2n) is 7.56. The monoisotopic (exact) mass is 487 g/mol. The molecule has 0 spiro atoms. The van der Waals surface area contributed by atoms with Gasteiger partial charge in [-0.1, -0.05) is 6.07 Å². The number of benzene rings is 1. The number of carbonyl (C=O) groups is 3. The first-order valence-electron chi connectivity index (χ1n) is 10.4. The predicted molar refractivity (Wildman–Crippen MR) is 115 cm³/mol. The Morgan fingerprint density at radius 1 is 1.06 bits per heavy atom. The molecular formula is C23H21NO11. The van der Waals surface area contributed by atoms with Gasteiger partial charge in [-0.2, -0.15) is 0 Å². The van der Waals surface area contributed by atoms with Crippen LogP contribution in [0.4, 0.5) is 0 Å². The topological polar surface area (TPSA) is 149 Å². The van der Waals surface area contributed by atoms with Gasteiger partial charge in [0.05, 0.1) is 5.56 Å². The summed E-state index contributed by atoms with van der Waals surface area (Å²) >= 11 is 0. The van der Waals surface area contributed by atoms with Gasteiger partial charge < -0.3 is 33.5 Å². The van der Waals surface area contributed by atoms with E-state index < -0.39 is 42.4 Å². The molecule has 0 saturated heterocycles. The molecule has 0 fully saturated rings. The van der Waals surface area contributed by atoms with Crippen LogP contribution in [0.15, 0.2) is 46.8 Å². The number of hydrogen-bond acceptors (Lipinski definition) is 11. The lowest BCUT2D eigenvalue weighted by atomic mass is 10.1. The van der Waals surface area contributed by atoms with Crippen LogP contribution in [-0.2, 0) is 33.3 Å². The highest BCUT2D eigenvalue weighted by Gasteiger charge is 2.44. The Bertz CT molecular complexity index is 1290. The van der Waals surface area contributed by atoms with E-state index in [4.69, 9.17) is 28.4 Å². The number of nitrogens with zero attached hydrogens (tertiary/aromatic N) is 1. The van der Waals surface area contributed by atoms with Gasteiger partial charge in [-0.15, -0.1) is 0 Å². The summed E-state index contributed by atoms with van der Waals surface area (Å²) in [6.07, 6.45) is -1.47. The smallest absolute Gasteiger partial charge is 0.307 e. The summed E-state index contributed by atoms with van der Waals surface area (Å²) in [5.41, 5.74) is -0.457. The Kier molecular flexibility index (Phi) is 6.36. The van der Waals surface area contributed by atoms with Crippen LogP contribution in [0.25, 0.3) is 11.1 Å². The van der Waals surface area contributed by atoms with Crippen LogP contribution in [-0.4, -0.2) is 47.1 Å². The molecule has 184 valence electrons. The molecule has 2 aliphatic heterocycles. The summed E-state index contributed by atoms with van der Waals surface area (Å²) in [6, 6.07) is 5.96. The van der Waals surface area contributed by atoms with E-state index >= 15 is 0 Å². The molecule has 1 aromatic carbocycles. The maximum atomic E-state index is 13.5. The normalized spacial score (nSPS) is 18.1. The Labute approximate surface area is 198 Å². The summed E-state index contributed by atoms with van der Waals surface area (Å²) in [4.78, 5) is 48.4. The first kappa shape index (κ1) is 23.7. The van der Waals surface area contributed by atoms with E-state index in [2.05, 4.69) is 0 Å². The van der Waals surface area contributed by atoms with Crippen molar-refractivity contribution < 1.29 is 47.9 Å². The minimum atomic E-state index is -1.37. The first-order valence-corrected chi connectivity index (χ1v) is 10.4. The largest absolute Gasteiger partial charge is 0.507 e. The number of hydrogen-bond donors (Lipinski definition) is 1. The van der Waals surface area contributed by atoms with Crippen molar-refractivity contribution in [2.45, 2.75) is 33.1 Å². The third-order valence-corrected chi connectivity index (χ3v) is 5.04. The van der Waals surface area contributed by atoms with Crippen LogP contribution in [0.2, 0.25) is 0 Å². The second-order valence-corrected chi connectivity index (χ2v) is 7.56. The standard InChI is InChI=1S/C23H21NO11/c1-11(25)30-9-18-20(33-12(2)26)21(34-13(3)27)23(35-18)24-7-6-15(28)19(22(24)29)14-4-5-16-17(8-14)32-10-31-16/h4-8,21,23,28H,9-10H2,1-3H3/t21?,23-/m1/s1. The highest BCUT2D eigenvalue weighted by molar-refractivity contribution is 5.72. The van der Waals surface area contributed by atoms with Gasteiger partial charge >= 0.3 is 17.9 Å². The third-order valence-electron chi connectivity index (χ3n) is 5.04. The number of aromatic hydroxyl groups is 1. The quantitative estimate of drug-likeness (QED) is 0.469. The lowest BCUT2D eigenvalue weighted by molar-refractivity contribution is -0.156. The van der Waals surface area contributed by atoms with Crippen molar-refractivity contribution >= 4 is 17.9 Å². The summed E-state index contributed by atoms with van der Waals surface area (Å²) in [7, 11) is 0. The van der Waals surface area contributed by atoms with Crippen LogP contribution in [0.5, 0.6) is 17.2 Å². The Morgan fingerprint density at radius 2 is 1.80 bits per heavy atom. The fraction of sp³-hybridized carbons (Fsp3) is 0.304. The van der Waals surface area contributed by atoms with Crippen LogP contribution < -0.4 is 15.0 Å². The van der Waals surface area contributed by atoms with E-state index in [1.807, 2.05) is 0 Å². The van der Waals surface area contributed by atoms with Crippen LogP contribution in [0.3, 0.4) is 0 Å². The van der Waals surface area contributed by atoms with E-state index in [1.165, 1.54) is 25.3 Å². The zero-order valence-corrected chi connectivity index (χ0v) is 18.9. The average Bonchev–Trinajstić information content (AvgIpc) is 3.37. The number of pyridine rings is 1. The molecule has 3 heterocycles. The Morgan fingerprint density at radius 3 is 2.49 bits per heavy atom. The van der Waals surface area contributed by atoms with Gasteiger partial charge in [0.15, 0.2) is 29.6 Å². The number of rotatable bonds is 6. The molecule has 35 heavy (non-hydrogen) atoms. The molecule has 12 heteroatoms. The minimum absolute atomic E-state index is 0.0273. The predicted octanol–water partition coefficient (Wildman–Crippen LogP) is 1.75. The van der Waals surface area contributed by atoms with Crippen LogP contribution in [0, 0.1) is 0 Å². The molecule has 1 N–H and O–H groups in total. The number of esters is 3. The van der Waals surface area contributed by atoms with Gasteiger partial charge in [-0.3, -0.25) is 23.7 Å². The molecule has 0 saturated carbocycles. The molecule has 4 rings (SSSR count). The van der Waals surface area contributed by atoms with Crippen molar-refractivity contribution in [1.29, 1.82) is 0 Å². The lowest BCUT2D eigenvalue weighted by Gasteiger charge is -2.23. The fourth-order valence-electron chi connectivity index (χ4n) is 3.65. The molecule has 12 nitrogen and oxygen atoms in total. The molecule has 0 radical (unpaired) electrons. The fourth-order valence-corrected chi connectivity index (χ4v) is 3.65. The molecule has 2 aliphatic rings. The van der Waals surface area contributed by atoms with E-state index in [-0.39, 0.29) is 29.6 Å². The van der Waals surface area contributed by atoms with Gasteiger partial charge in [-0.05, 0) is 23.8 Å². The van der Waals surface area contributed by atoms with Gasteiger partial charge in [0.1, 0.15) is 5.75 Å².